The molecule has 1 unspecified atom stereocenters. The predicted octanol–water partition coefficient (Wildman–Crippen LogP) is 3.19. The quantitative estimate of drug-likeness (QED) is 0.764. The molecule has 0 saturated heterocycles. The lowest BCUT2D eigenvalue weighted by molar-refractivity contribution is 0.194. The lowest BCUT2D eigenvalue weighted by Gasteiger charge is -2.07. The molecule has 0 aliphatic heterocycles. The zero-order valence-corrected chi connectivity index (χ0v) is 10.4. The largest absolute Gasteiger partial charge is 0.387 e. The molecule has 3 rings (SSSR count). The van der Waals surface area contributed by atoms with Gasteiger partial charge in [0.2, 0.25) is 0 Å². The van der Waals surface area contributed by atoms with Gasteiger partial charge in [0.25, 0.3) is 0 Å². The van der Waals surface area contributed by atoms with E-state index in [1.807, 2.05) is 28.8 Å². The van der Waals surface area contributed by atoms with Crippen molar-refractivity contribution in [2.24, 2.45) is 0 Å². The molecule has 1 atom stereocenters. The van der Waals surface area contributed by atoms with E-state index in [2.05, 4.69) is 4.98 Å². The second kappa shape index (κ2) is 4.48. The highest BCUT2D eigenvalue weighted by Crippen LogP contribution is 2.28. The molecule has 0 saturated carbocycles. The first kappa shape index (κ1) is 11.9. The number of nitrogens with zero attached hydrogens (tertiary/aromatic N) is 2. The Morgan fingerprint density at radius 1 is 1.16 bits per heavy atom. The number of aliphatic hydroxyl groups is 1. The van der Waals surface area contributed by atoms with Gasteiger partial charge in [-0.2, -0.15) is 0 Å². The van der Waals surface area contributed by atoms with E-state index in [1.54, 1.807) is 19.1 Å². The van der Waals surface area contributed by atoms with Crippen LogP contribution in [0.15, 0.2) is 48.7 Å². The van der Waals surface area contributed by atoms with Crippen molar-refractivity contribution in [1.29, 1.82) is 0 Å². The van der Waals surface area contributed by atoms with Crippen molar-refractivity contribution in [3.05, 3.63) is 60.2 Å². The molecule has 1 aromatic carbocycles. The summed E-state index contributed by atoms with van der Waals surface area (Å²) in [5, 5.41) is 9.97. The summed E-state index contributed by atoms with van der Waals surface area (Å²) in [6.45, 7) is 1.70. The summed E-state index contributed by atoms with van der Waals surface area (Å²) < 4.78 is 14.8. The molecule has 0 bridgehead atoms. The maximum absolute atomic E-state index is 13.0. The topological polar surface area (TPSA) is 37.5 Å². The number of aliphatic hydroxyl groups excluding tert-OH is 1. The molecule has 0 fully saturated rings. The fourth-order valence-corrected chi connectivity index (χ4v) is 2.23. The van der Waals surface area contributed by atoms with Crippen LogP contribution < -0.4 is 0 Å². The summed E-state index contributed by atoms with van der Waals surface area (Å²) in [5.41, 5.74) is 2.95. The first-order valence-corrected chi connectivity index (χ1v) is 6.08. The summed E-state index contributed by atoms with van der Waals surface area (Å²) in [5.74, 6) is -0.286. The monoisotopic (exact) mass is 256 g/mol. The lowest BCUT2D eigenvalue weighted by Crippen LogP contribution is -1.99. The first-order valence-electron chi connectivity index (χ1n) is 6.08. The molecule has 0 radical (unpaired) electrons. The minimum Gasteiger partial charge on any atom is -0.387 e. The van der Waals surface area contributed by atoms with Crippen molar-refractivity contribution in [2.75, 3.05) is 0 Å². The Hall–Kier alpha value is -2.20. The van der Waals surface area contributed by atoms with E-state index in [1.165, 1.54) is 12.1 Å². The van der Waals surface area contributed by atoms with Gasteiger partial charge in [0, 0.05) is 11.8 Å². The highest BCUT2D eigenvalue weighted by molar-refractivity contribution is 5.67. The maximum Gasteiger partial charge on any atom is 0.137 e. The van der Waals surface area contributed by atoms with Gasteiger partial charge >= 0.3 is 0 Å². The fourth-order valence-electron chi connectivity index (χ4n) is 2.23. The Balaban J connectivity index is 2.28. The third-order valence-electron chi connectivity index (χ3n) is 3.08. The van der Waals surface area contributed by atoms with Crippen LogP contribution in [0, 0.1) is 5.82 Å². The Bertz CT molecular complexity index is 717. The van der Waals surface area contributed by atoms with Crippen LogP contribution in [0.3, 0.4) is 0 Å². The van der Waals surface area contributed by atoms with Gasteiger partial charge in [-0.05, 0) is 43.3 Å². The highest BCUT2D eigenvalue weighted by Gasteiger charge is 2.17. The van der Waals surface area contributed by atoms with Gasteiger partial charge in [0.05, 0.1) is 17.5 Å². The van der Waals surface area contributed by atoms with Crippen molar-refractivity contribution >= 4 is 5.65 Å². The summed E-state index contributed by atoms with van der Waals surface area (Å²) in [7, 11) is 0. The predicted molar refractivity (Wildman–Crippen MR) is 71.2 cm³/mol. The zero-order chi connectivity index (χ0) is 13.4. The molecule has 4 heteroatoms. The molecule has 2 aromatic heterocycles. The van der Waals surface area contributed by atoms with Crippen molar-refractivity contribution in [2.45, 2.75) is 13.0 Å². The standard InChI is InChI=1S/C15H13FN2O/c1-10(19)15-14(11-5-7-12(16)8-6-11)17-13-4-2-3-9-18(13)15/h2-10,19H,1H3. The van der Waals surface area contributed by atoms with Gasteiger partial charge in [-0.1, -0.05) is 6.07 Å². The Kier molecular flexibility index (Phi) is 2.80. The van der Waals surface area contributed by atoms with Crippen LogP contribution in [0.4, 0.5) is 4.39 Å². The second-order valence-corrected chi connectivity index (χ2v) is 4.46. The Morgan fingerprint density at radius 2 is 1.89 bits per heavy atom. The fraction of sp³-hybridized carbons (Fsp3) is 0.133. The Morgan fingerprint density at radius 3 is 2.58 bits per heavy atom. The van der Waals surface area contributed by atoms with E-state index < -0.39 is 6.10 Å². The molecule has 1 N–H and O–H groups in total. The van der Waals surface area contributed by atoms with Crippen LogP contribution >= 0.6 is 0 Å². The van der Waals surface area contributed by atoms with Gasteiger partial charge in [-0.15, -0.1) is 0 Å². The van der Waals surface area contributed by atoms with E-state index in [9.17, 15) is 9.50 Å². The van der Waals surface area contributed by atoms with Crippen LogP contribution in [-0.2, 0) is 0 Å². The van der Waals surface area contributed by atoms with Crippen molar-refractivity contribution < 1.29 is 9.50 Å². The van der Waals surface area contributed by atoms with Gasteiger partial charge in [-0.25, -0.2) is 9.37 Å². The number of imidazole rings is 1. The maximum atomic E-state index is 13.0. The van der Waals surface area contributed by atoms with Crippen LogP contribution in [-0.4, -0.2) is 14.5 Å². The Labute approximate surface area is 110 Å². The molecule has 0 aliphatic carbocycles. The zero-order valence-electron chi connectivity index (χ0n) is 10.4. The van der Waals surface area contributed by atoms with Gasteiger partial charge in [0.15, 0.2) is 0 Å². The summed E-state index contributed by atoms with van der Waals surface area (Å²) in [6, 6.07) is 11.8. The molecule has 19 heavy (non-hydrogen) atoms. The minimum atomic E-state index is -0.655. The molecule has 96 valence electrons. The van der Waals surface area contributed by atoms with E-state index in [-0.39, 0.29) is 5.82 Å². The number of rotatable bonds is 2. The van der Waals surface area contributed by atoms with E-state index in [4.69, 9.17) is 0 Å². The van der Waals surface area contributed by atoms with Crippen molar-refractivity contribution in [3.8, 4) is 11.3 Å². The summed E-state index contributed by atoms with van der Waals surface area (Å²) in [6.07, 6.45) is 1.20. The van der Waals surface area contributed by atoms with Crippen molar-refractivity contribution in [1.82, 2.24) is 9.38 Å². The number of pyridine rings is 1. The van der Waals surface area contributed by atoms with Crippen LogP contribution in [0.25, 0.3) is 16.9 Å². The summed E-state index contributed by atoms with van der Waals surface area (Å²) >= 11 is 0. The average molecular weight is 256 g/mol. The van der Waals surface area contributed by atoms with E-state index in [0.717, 1.165) is 11.2 Å². The molecule has 3 aromatic rings. The number of halogens is 1. The van der Waals surface area contributed by atoms with E-state index in [0.29, 0.717) is 11.4 Å². The number of hydrogen-bond acceptors (Lipinski definition) is 2. The number of fused-ring (bicyclic) bond motifs is 1. The molecule has 2 heterocycles. The van der Waals surface area contributed by atoms with Crippen LogP contribution in [0.5, 0.6) is 0 Å². The SMILES string of the molecule is CC(O)c1c(-c2ccc(F)cc2)nc2ccccn12. The molecule has 0 amide bonds. The summed E-state index contributed by atoms with van der Waals surface area (Å²) in [4.78, 5) is 4.51. The van der Waals surface area contributed by atoms with Gasteiger partial charge in [-0.3, -0.25) is 0 Å². The normalized spacial score (nSPS) is 12.8. The molecule has 0 aliphatic rings. The minimum absolute atomic E-state index is 0.286. The third kappa shape index (κ3) is 2.00. The van der Waals surface area contributed by atoms with E-state index >= 15 is 0 Å². The molecular weight excluding hydrogens is 243 g/mol. The first-order chi connectivity index (χ1) is 9.16. The smallest absolute Gasteiger partial charge is 0.137 e. The molecule has 3 nitrogen and oxygen atoms in total. The number of aromatic nitrogens is 2. The molecular formula is C15H13FN2O. The second-order valence-electron chi connectivity index (χ2n) is 4.46. The van der Waals surface area contributed by atoms with Crippen LogP contribution in [0.2, 0.25) is 0 Å². The van der Waals surface area contributed by atoms with Crippen molar-refractivity contribution in [3.63, 3.8) is 0 Å². The molecule has 0 spiro atoms. The number of benzene rings is 1. The van der Waals surface area contributed by atoms with Crippen LogP contribution in [0.1, 0.15) is 18.7 Å². The lowest BCUT2D eigenvalue weighted by atomic mass is 10.1. The highest BCUT2D eigenvalue weighted by atomic mass is 19.1. The average Bonchev–Trinajstić information content (AvgIpc) is 2.78. The van der Waals surface area contributed by atoms with Gasteiger partial charge in [0.1, 0.15) is 11.5 Å². The number of hydrogen-bond donors (Lipinski definition) is 1. The third-order valence-corrected chi connectivity index (χ3v) is 3.08. The van der Waals surface area contributed by atoms with Gasteiger partial charge < -0.3 is 9.51 Å².